The second kappa shape index (κ2) is 11.0. The van der Waals surface area contributed by atoms with Crippen molar-refractivity contribution in [3.8, 4) is 11.1 Å². The number of carbonyl (C=O) groups excluding carboxylic acids is 2. The predicted octanol–water partition coefficient (Wildman–Crippen LogP) is 5.56. The number of ether oxygens (including phenoxy) is 1. The average molecular weight is 588 g/mol. The van der Waals surface area contributed by atoms with Crippen molar-refractivity contribution in [3.05, 3.63) is 60.2 Å². The monoisotopic (exact) mass is 587 g/mol. The molecule has 0 aromatic heterocycles. The first-order valence-electron chi connectivity index (χ1n) is 15.7. The fraction of sp³-hybridized carbons (Fsp3) is 0.571. The number of nitrogens with zero attached hydrogens (tertiary/aromatic N) is 1. The molecule has 2 aromatic carbocycles. The average Bonchev–Trinajstić information content (AvgIpc) is 3.37. The van der Waals surface area contributed by atoms with E-state index in [1.807, 2.05) is 75.4 Å². The van der Waals surface area contributed by atoms with Gasteiger partial charge in [0.1, 0.15) is 17.7 Å². The molecule has 0 spiro atoms. The summed E-state index contributed by atoms with van der Waals surface area (Å²) in [6.45, 7) is 5.78. The molecule has 3 atom stereocenters. The molecule has 3 N–H and O–H groups in total. The van der Waals surface area contributed by atoms with Gasteiger partial charge in [0, 0.05) is 19.1 Å². The molecule has 5 aliphatic rings. The number of carbonyl (C=O) groups is 3. The summed E-state index contributed by atoms with van der Waals surface area (Å²) in [6.07, 6.45) is 6.95. The molecule has 3 amide bonds. The highest BCUT2D eigenvalue weighted by Crippen LogP contribution is 2.55. The number of aliphatic carboxylic acids is 1. The van der Waals surface area contributed by atoms with Crippen molar-refractivity contribution in [2.24, 2.45) is 23.2 Å². The molecule has 8 nitrogen and oxygen atoms in total. The van der Waals surface area contributed by atoms with Crippen molar-refractivity contribution < 1.29 is 24.2 Å². The summed E-state index contributed by atoms with van der Waals surface area (Å²) in [5.74, 6) is 0.545. The van der Waals surface area contributed by atoms with Crippen LogP contribution in [-0.2, 0) is 19.9 Å². The maximum atomic E-state index is 14.2. The van der Waals surface area contributed by atoms with Crippen molar-refractivity contribution >= 4 is 17.9 Å². The number of carboxylic acids is 1. The molecule has 1 saturated heterocycles. The molecule has 2 unspecified atom stereocenters. The minimum absolute atomic E-state index is 0.0782. The molecule has 4 saturated carbocycles. The smallest absolute Gasteiger partial charge is 0.326 e. The third-order valence-electron chi connectivity index (χ3n) is 10.6. The van der Waals surface area contributed by atoms with E-state index in [1.165, 1.54) is 24.2 Å². The largest absolute Gasteiger partial charge is 0.480 e. The van der Waals surface area contributed by atoms with Crippen LogP contribution in [-0.4, -0.2) is 59.2 Å². The number of hydrogen-bond acceptors (Lipinski definition) is 4. The third kappa shape index (κ3) is 5.66. The van der Waals surface area contributed by atoms with Crippen LogP contribution in [0.25, 0.3) is 11.1 Å². The van der Waals surface area contributed by atoms with Crippen molar-refractivity contribution in [2.75, 3.05) is 13.7 Å². The zero-order valence-electron chi connectivity index (χ0n) is 25.8. The highest BCUT2D eigenvalue weighted by atomic mass is 16.5. The molecule has 43 heavy (non-hydrogen) atoms. The van der Waals surface area contributed by atoms with Crippen molar-refractivity contribution in [3.63, 3.8) is 0 Å². The van der Waals surface area contributed by atoms with Gasteiger partial charge in [-0.25, -0.2) is 9.59 Å². The molecule has 2 aromatic rings. The van der Waals surface area contributed by atoms with Crippen LogP contribution in [0.4, 0.5) is 4.79 Å². The number of methoxy groups -OCH3 is 1. The molecule has 8 heteroatoms. The summed E-state index contributed by atoms with van der Waals surface area (Å²) in [6, 6.07) is 15.6. The Morgan fingerprint density at radius 1 is 0.884 bits per heavy atom. The van der Waals surface area contributed by atoms with Gasteiger partial charge in [0.2, 0.25) is 5.91 Å². The number of urea groups is 1. The first-order valence-corrected chi connectivity index (χ1v) is 15.7. The van der Waals surface area contributed by atoms with Gasteiger partial charge >= 0.3 is 12.0 Å². The second-order valence-corrected chi connectivity index (χ2v) is 14.8. The summed E-state index contributed by atoms with van der Waals surface area (Å²) in [5.41, 5.74) is 1.11. The van der Waals surface area contributed by atoms with Crippen LogP contribution in [0.1, 0.15) is 71.3 Å². The van der Waals surface area contributed by atoms with Gasteiger partial charge in [-0.2, -0.15) is 0 Å². The van der Waals surface area contributed by atoms with Gasteiger partial charge in [-0.05, 0) is 78.4 Å². The van der Waals surface area contributed by atoms with Crippen molar-refractivity contribution in [1.29, 1.82) is 0 Å². The molecular weight excluding hydrogens is 542 g/mol. The van der Waals surface area contributed by atoms with Gasteiger partial charge in [-0.1, -0.05) is 75.4 Å². The fourth-order valence-corrected chi connectivity index (χ4v) is 8.88. The number of rotatable bonds is 7. The Bertz CT molecular complexity index is 1330. The van der Waals surface area contributed by atoms with Gasteiger partial charge in [0.25, 0.3) is 0 Å². The van der Waals surface area contributed by atoms with Crippen molar-refractivity contribution in [1.82, 2.24) is 15.5 Å². The van der Waals surface area contributed by atoms with Crippen LogP contribution in [0.15, 0.2) is 54.6 Å². The first kappa shape index (κ1) is 29.7. The Balaban J connectivity index is 1.22. The lowest BCUT2D eigenvalue weighted by Gasteiger charge is -2.56. The Labute approximate surface area is 254 Å². The Morgan fingerprint density at radius 2 is 1.44 bits per heavy atom. The molecular formula is C35H45N3O5. The molecule has 4 bridgehead atoms. The minimum atomic E-state index is -1.08. The molecule has 4 aliphatic carbocycles. The topological polar surface area (TPSA) is 108 Å². The number of likely N-dealkylation sites (tertiary alicyclic amines) is 1. The quantitative estimate of drug-likeness (QED) is 0.393. The van der Waals surface area contributed by atoms with Crippen molar-refractivity contribution in [2.45, 2.75) is 88.9 Å². The molecule has 5 fully saturated rings. The minimum Gasteiger partial charge on any atom is -0.480 e. The van der Waals surface area contributed by atoms with E-state index in [4.69, 9.17) is 4.74 Å². The molecule has 1 heterocycles. The van der Waals surface area contributed by atoms with E-state index in [0.717, 1.165) is 36.0 Å². The van der Waals surface area contributed by atoms with Crippen LogP contribution in [0, 0.1) is 23.2 Å². The van der Waals surface area contributed by atoms with E-state index >= 15 is 0 Å². The highest BCUT2D eigenvalue weighted by Gasteiger charge is 2.54. The summed E-state index contributed by atoms with van der Waals surface area (Å²) in [5, 5.41) is 16.6. The number of benzene rings is 2. The van der Waals surface area contributed by atoms with Gasteiger partial charge < -0.3 is 25.4 Å². The van der Waals surface area contributed by atoms with Gasteiger partial charge in [0.15, 0.2) is 0 Å². The van der Waals surface area contributed by atoms with Crippen LogP contribution in [0.2, 0.25) is 0 Å². The second-order valence-electron chi connectivity index (χ2n) is 14.8. The van der Waals surface area contributed by atoms with E-state index in [9.17, 15) is 19.5 Å². The van der Waals surface area contributed by atoms with E-state index in [2.05, 4.69) is 10.6 Å². The van der Waals surface area contributed by atoms with E-state index in [-0.39, 0.29) is 24.5 Å². The SMILES string of the molecule is COC1(c2ccc(-c3ccccc3)cc2)CC(C(=O)O)N(C(=O)[C@@H](NC(=O)NC23CC4CC(CC(C4)C2)C3)C(C)(C)C)C1. The van der Waals surface area contributed by atoms with Gasteiger partial charge in [-0.3, -0.25) is 4.79 Å². The zero-order valence-corrected chi connectivity index (χ0v) is 25.8. The van der Waals surface area contributed by atoms with Crippen LogP contribution >= 0.6 is 0 Å². The predicted molar refractivity (Wildman–Crippen MR) is 164 cm³/mol. The van der Waals surface area contributed by atoms with E-state index in [0.29, 0.717) is 17.8 Å². The lowest BCUT2D eigenvalue weighted by Crippen LogP contribution is -2.64. The zero-order chi connectivity index (χ0) is 30.6. The number of amides is 3. The molecule has 7 rings (SSSR count). The normalized spacial score (nSPS) is 32.0. The number of nitrogens with one attached hydrogen (secondary N) is 2. The molecule has 1 aliphatic heterocycles. The summed E-state index contributed by atoms with van der Waals surface area (Å²) >= 11 is 0. The van der Waals surface area contributed by atoms with Crippen LogP contribution in [0.5, 0.6) is 0 Å². The lowest BCUT2D eigenvalue weighted by molar-refractivity contribution is -0.150. The van der Waals surface area contributed by atoms with Gasteiger partial charge in [0.05, 0.1) is 6.54 Å². The Morgan fingerprint density at radius 3 is 1.95 bits per heavy atom. The summed E-state index contributed by atoms with van der Waals surface area (Å²) < 4.78 is 6.04. The standard InChI is InChI=1S/C35H45N3O5/c1-33(2,3)29(36-32(42)37-34-17-22-14-23(18-34)16-24(15-22)19-34)30(39)38-21-35(43-4,20-28(38)31(40)41)27-12-10-26(11-13-27)25-8-6-5-7-9-25/h5-13,22-24,28-29H,14-21H2,1-4H3,(H,40,41)(H2,36,37,42)/t22?,23?,24?,28?,29-,34?,35?/m1/s1. The van der Waals surface area contributed by atoms with Gasteiger partial charge in [-0.15, -0.1) is 0 Å². The van der Waals surface area contributed by atoms with Crippen LogP contribution < -0.4 is 10.6 Å². The summed E-state index contributed by atoms with van der Waals surface area (Å²) in [7, 11) is 1.57. The summed E-state index contributed by atoms with van der Waals surface area (Å²) in [4.78, 5) is 41.7. The lowest BCUT2D eigenvalue weighted by atomic mass is 9.53. The third-order valence-corrected chi connectivity index (χ3v) is 10.6. The van der Waals surface area contributed by atoms with E-state index < -0.39 is 35.0 Å². The molecule has 230 valence electrons. The number of hydrogen-bond donors (Lipinski definition) is 3. The Hall–Kier alpha value is -3.39. The fourth-order valence-electron chi connectivity index (χ4n) is 8.88. The maximum Gasteiger partial charge on any atom is 0.326 e. The van der Waals surface area contributed by atoms with Crippen LogP contribution in [0.3, 0.4) is 0 Å². The Kier molecular flexibility index (Phi) is 7.56. The maximum absolute atomic E-state index is 14.2. The highest BCUT2D eigenvalue weighted by molar-refractivity contribution is 5.91. The first-order chi connectivity index (χ1) is 20.4. The number of carboxylic acid groups (broad SMARTS) is 1. The molecule has 0 radical (unpaired) electrons. The van der Waals surface area contributed by atoms with E-state index in [1.54, 1.807) is 7.11 Å².